The third kappa shape index (κ3) is 4.81. The van der Waals surface area contributed by atoms with Crippen LogP contribution in [-0.4, -0.2) is 5.78 Å². The fourth-order valence-corrected chi connectivity index (χ4v) is 3.49. The van der Waals surface area contributed by atoms with Crippen LogP contribution in [0.25, 0.3) is 0 Å². The fourth-order valence-electron chi connectivity index (χ4n) is 3.49. The van der Waals surface area contributed by atoms with Crippen LogP contribution in [0.5, 0.6) is 0 Å². The van der Waals surface area contributed by atoms with Crippen LogP contribution in [0.2, 0.25) is 0 Å². The number of rotatable bonds is 5. The lowest BCUT2D eigenvalue weighted by Gasteiger charge is -2.18. The molecule has 0 heterocycles. The van der Waals surface area contributed by atoms with Crippen molar-refractivity contribution in [3.8, 4) is 0 Å². The lowest BCUT2D eigenvalue weighted by atomic mass is 9.86. The molecule has 0 aromatic heterocycles. The first kappa shape index (κ1) is 14.7. The highest BCUT2D eigenvalue weighted by molar-refractivity contribution is 5.79. The Hall–Kier alpha value is -0.330. The van der Waals surface area contributed by atoms with Crippen molar-refractivity contribution in [1.82, 2.24) is 0 Å². The summed E-state index contributed by atoms with van der Waals surface area (Å²) in [6.07, 6.45) is 6.77. The molecule has 1 fully saturated rings. The van der Waals surface area contributed by atoms with E-state index in [9.17, 15) is 4.79 Å². The van der Waals surface area contributed by atoms with E-state index in [2.05, 4.69) is 34.6 Å². The van der Waals surface area contributed by atoms with Gasteiger partial charge in [-0.15, -0.1) is 0 Å². The van der Waals surface area contributed by atoms with Crippen molar-refractivity contribution in [3.63, 3.8) is 0 Å². The number of Topliss-reactive ketones (excluding diaryl/α,β-unsaturated/α-hetero) is 1. The van der Waals surface area contributed by atoms with Gasteiger partial charge >= 0.3 is 0 Å². The molecule has 0 amide bonds. The fraction of sp³-hybridized carbons (Fsp3) is 0.938. The quantitative estimate of drug-likeness (QED) is 0.669. The summed E-state index contributed by atoms with van der Waals surface area (Å²) in [6, 6.07) is 0. The van der Waals surface area contributed by atoms with Crippen LogP contribution in [0.15, 0.2) is 0 Å². The number of carbonyl (C=O) groups is 1. The summed E-state index contributed by atoms with van der Waals surface area (Å²) in [6.45, 7) is 11.1. The van der Waals surface area contributed by atoms with E-state index in [1.54, 1.807) is 0 Å². The molecular weight excluding hydrogens is 208 g/mol. The van der Waals surface area contributed by atoms with E-state index in [-0.39, 0.29) is 5.41 Å². The van der Waals surface area contributed by atoms with Crippen LogP contribution in [0.1, 0.15) is 73.1 Å². The van der Waals surface area contributed by atoms with Gasteiger partial charge in [0.2, 0.25) is 0 Å². The molecule has 0 saturated heterocycles. The molecule has 0 aromatic carbocycles. The first-order valence-corrected chi connectivity index (χ1v) is 7.37. The van der Waals surface area contributed by atoms with Crippen LogP contribution in [-0.2, 0) is 4.79 Å². The molecule has 1 rings (SSSR count). The Kier molecular flexibility index (Phi) is 5.22. The minimum atomic E-state index is 0.157. The second kappa shape index (κ2) is 6.02. The molecule has 0 radical (unpaired) electrons. The number of carbonyl (C=O) groups excluding carboxylic acids is 1. The van der Waals surface area contributed by atoms with E-state index in [1.165, 1.54) is 25.7 Å². The summed E-state index contributed by atoms with van der Waals surface area (Å²) in [4.78, 5) is 12.0. The van der Waals surface area contributed by atoms with Gasteiger partial charge in [-0.05, 0) is 36.0 Å². The van der Waals surface area contributed by atoms with Gasteiger partial charge in [-0.1, -0.05) is 47.5 Å². The highest BCUT2D eigenvalue weighted by Gasteiger charge is 2.33. The van der Waals surface area contributed by atoms with E-state index in [4.69, 9.17) is 0 Å². The molecule has 0 aromatic rings. The number of hydrogen-bond donors (Lipinski definition) is 0. The second-order valence-corrected chi connectivity index (χ2v) is 7.15. The van der Waals surface area contributed by atoms with E-state index < -0.39 is 0 Å². The molecule has 1 saturated carbocycles. The average Bonchev–Trinajstić information content (AvgIpc) is 2.56. The summed E-state index contributed by atoms with van der Waals surface area (Å²) >= 11 is 0. The van der Waals surface area contributed by atoms with E-state index >= 15 is 0 Å². The normalized spacial score (nSPS) is 29.6. The summed E-state index contributed by atoms with van der Waals surface area (Å²) in [5.74, 6) is 2.92. The monoisotopic (exact) mass is 238 g/mol. The summed E-state index contributed by atoms with van der Waals surface area (Å²) < 4.78 is 0. The zero-order chi connectivity index (χ0) is 13.1. The lowest BCUT2D eigenvalue weighted by Crippen LogP contribution is -2.15. The van der Waals surface area contributed by atoms with E-state index in [1.807, 2.05) is 0 Å². The number of ketones is 1. The molecule has 2 unspecified atom stereocenters. The molecule has 17 heavy (non-hydrogen) atoms. The predicted octanol–water partition coefficient (Wildman–Crippen LogP) is 4.84. The average molecular weight is 238 g/mol. The first-order valence-electron chi connectivity index (χ1n) is 7.37. The minimum Gasteiger partial charge on any atom is -0.300 e. The van der Waals surface area contributed by atoms with Crippen molar-refractivity contribution >= 4 is 5.78 Å². The van der Waals surface area contributed by atoms with Crippen molar-refractivity contribution < 1.29 is 4.79 Å². The van der Waals surface area contributed by atoms with Crippen molar-refractivity contribution in [2.75, 3.05) is 0 Å². The Labute approximate surface area is 107 Å². The zero-order valence-electron chi connectivity index (χ0n) is 12.4. The smallest absolute Gasteiger partial charge is 0.133 e. The topological polar surface area (TPSA) is 17.1 Å². The summed E-state index contributed by atoms with van der Waals surface area (Å²) in [5.41, 5.74) is 0.157. The maximum Gasteiger partial charge on any atom is 0.133 e. The van der Waals surface area contributed by atoms with Gasteiger partial charge in [-0.3, -0.25) is 4.79 Å². The van der Waals surface area contributed by atoms with E-state index in [0.717, 1.165) is 24.7 Å². The van der Waals surface area contributed by atoms with Crippen LogP contribution in [0.4, 0.5) is 0 Å². The van der Waals surface area contributed by atoms with Crippen LogP contribution in [0, 0.1) is 23.2 Å². The Morgan fingerprint density at radius 1 is 1.06 bits per heavy atom. The Morgan fingerprint density at radius 3 is 1.88 bits per heavy atom. The van der Waals surface area contributed by atoms with Crippen molar-refractivity contribution in [1.29, 1.82) is 0 Å². The third-order valence-corrected chi connectivity index (χ3v) is 4.23. The van der Waals surface area contributed by atoms with Gasteiger partial charge in [0.25, 0.3) is 0 Å². The molecule has 1 aliphatic rings. The Bertz CT molecular complexity index is 237. The van der Waals surface area contributed by atoms with Gasteiger partial charge in [0.15, 0.2) is 0 Å². The minimum absolute atomic E-state index is 0.157. The maximum atomic E-state index is 12.0. The summed E-state index contributed by atoms with van der Waals surface area (Å²) in [5, 5.41) is 0. The molecule has 1 aliphatic carbocycles. The lowest BCUT2D eigenvalue weighted by molar-refractivity contribution is -0.121. The van der Waals surface area contributed by atoms with Crippen LogP contribution >= 0.6 is 0 Å². The van der Waals surface area contributed by atoms with Gasteiger partial charge in [0.05, 0.1) is 0 Å². The standard InChI is InChI=1S/C16H30O/c1-6-13-8-12(9-14(13)7-2)10-15(17)11-16(3,4)5/h12-14H,6-11H2,1-5H3. The highest BCUT2D eigenvalue weighted by atomic mass is 16.1. The molecule has 0 spiro atoms. The summed E-state index contributed by atoms with van der Waals surface area (Å²) in [7, 11) is 0. The molecule has 0 bridgehead atoms. The Balaban J connectivity index is 2.41. The maximum absolute atomic E-state index is 12.0. The highest BCUT2D eigenvalue weighted by Crippen LogP contribution is 2.42. The van der Waals surface area contributed by atoms with Crippen molar-refractivity contribution in [2.45, 2.75) is 73.1 Å². The molecule has 0 N–H and O–H groups in total. The predicted molar refractivity (Wildman–Crippen MR) is 74.0 cm³/mol. The Morgan fingerprint density at radius 2 is 1.53 bits per heavy atom. The molecule has 2 atom stereocenters. The number of hydrogen-bond acceptors (Lipinski definition) is 1. The molecule has 0 aliphatic heterocycles. The SMILES string of the molecule is CCC1CC(CC(=O)CC(C)(C)C)CC1CC. The van der Waals surface area contributed by atoms with Gasteiger partial charge < -0.3 is 0 Å². The van der Waals surface area contributed by atoms with Gasteiger partial charge in [-0.25, -0.2) is 0 Å². The van der Waals surface area contributed by atoms with Crippen molar-refractivity contribution in [2.24, 2.45) is 23.2 Å². The first-order chi connectivity index (χ1) is 7.85. The largest absolute Gasteiger partial charge is 0.300 e. The molecule has 1 nitrogen and oxygen atoms in total. The van der Waals surface area contributed by atoms with Gasteiger partial charge in [0, 0.05) is 12.8 Å². The molecule has 100 valence electrons. The second-order valence-electron chi connectivity index (χ2n) is 7.15. The third-order valence-electron chi connectivity index (χ3n) is 4.23. The van der Waals surface area contributed by atoms with Gasteiger partial charge in [0.1, 0.15) is 5.78 Å². The van der Waals surface area contributed by atoms with Crippen LogP contribution in [0.3, 0.4) is 0 Å². The molecular formula is C16H30O. The molecule has 1 heteroatoms. The van der Waals surface area contributed by atoms with Crippen LogP contribution < -0.4 is 0 Å². The zero-order valence-corrected chi connectivity index (χ0v) is 12.4. The van der Waals surface area contributed by atoms with E-state index in [0.29, 0.717) is 11.7 Å². The van der Waals surface area contributed by atoms with Gasteiger partial charge in [-0.2, -0.15) is 0 Å². The van der Waals surface area contributed by atoms with Crippen molar-refractivity contribution in [3.05, 3.63) is 0 Å².